The smallest absolute Gasteiger partial charge is 0.326 e. The van der Waals surface area contributed by atoms with Crippen LogP contribution in [-0.2, 0) is 15.1 Å². The van der Waals surface area contributed by atoms with Crippen LogP contribution in [0, 0.1) is 6.92 Å². The van der Waals surface area contributed by atoms with Crippen LogP contribution in [0.2, 0.25) is 0 Å². The van der Waals surface area contributed by atoms with E-state index >= 15 is 0 Å². The van der Waals surface area contributed by atoms with Crippen molar-refractivity contribution in [1.82, 2.24) is 20.1 Å². The number of fused-ring (bicyclic) bond motifs is 1. The summed E-state index contributed by atoms with van der Waals surface area (Å²) in [5, 5.41) is 17.3. The third-order valence-electron chi connectivity index (χ3n) is 4.52. The van der Waals surface area contributed by atoms with Gasteiger partial charge in [-0.1, -0.05) is 13.8 Å². The highest BCUT2D eigenvalue weighted by Crippen LogP contribution is 2.29. The van der Waals surface area contributed by atoms with E-state index in [1.165, 1.54) is 7.11 Å². The number of pyridine rings is 1. The van der Waals surface area contributed by atoms with Gasteiger partial charge < -0.3 is 15.2 Å². The Morgan fingerprint density at radius 3 is 2.46 bits per heavy atom. The fourth-order valence-electron chi connectivity index (χ4n) is 2.98. The van der Waals surface area contributed by atoms with E-state index in [4.69, 9.17) is 9.72 Å². The molecular weight excluding hydrogens is 360 g/mol. The zero-order valence-corrected chi connectivity index (χ0v) is 17.7. The number of nitrogens with one attached hydrogen (secondary N) is 1. The minimum absolute atomic E-state index is 0.100. The first-order valence-electron chi connectivity index (χ1n) is 9.40. The number of nitrogens with zero attached hydrogens (tertiary/aromatic N) is 3. The summed E-state index contributed by atoms with van der Waals surface area (Å²) in [5.74, 6) is -1.44. The van der Waals surface area contributed by atoms with Crippen molar-refractivity contribution in [2.24, 2.45) is 0 Å². The molecular formula is C20H30N4O4. The second-order valence-corrected chi connectivity index (χ2v) is 8.26. The van der Waals surface area contributed by atoms with E-state index < -0.39 is 17.9 Å². The van der Waals surface area contributed by atoms with Gasteiger partial charge in [0, 0.05) is 25.8 Å². The van der Waals surface area contributed by atoms with Crippen molar-refractivity contribution in [3.63, 3.8) is 0 Å². The van der Waals surface area contributed by atoms with Crippen LogP contribution in [-0.4, -0.2) is 51.5 Å². The van der Waals surface area contributed by atoms with Gasteiger partial charge in [-0.05, 0) is 39.7 Å². The molecule has 0 saturated heterocycles. The van der Waals surface area contributed by atoms with Crippen LogP contribution < -0.4 is 5.32 Å². The van der Waals surface area contributed by atoms with Gasteiger partial charge in [-0.3, -0.25) is 4.79 Å². The van der Waals surface area contributed by atoms with Gasteiger partial charge in [0.2, 0.25) is 0 Å². The minimum atomic E-state index is -1.10. The maximum absolute atomic E-state index is 13.0. The number of ether oxygens (including phenoxy) is 1. The number of carbonyl (C=O) groups is 2. The maximum Gasteiger partial charge on any atom is 0.326 e. The number of hydrogen-bond donors (Lipinski definition) is 2. The van der Waals surface area contributed by atoms with Crippen molar-refractivity contribution in [3.05, 3.63) is 23.0 Å². The molecule has 1 amide bonds. The van der Waals surface area contributed by atoms with Gasteiger partial charge in [0.05, 0.1) is 22.2 Å². The van der Waals surface area contributed by atoms with E-state index in [-0.39, 0.29) is 24.5 Å². The summed E-state index contributed by atoms with van der Waals surface area (Å²) in [5.41, 5.74) is 2.15. The van der Waals surface area contributed by atoms with Crippen LogP contribution in [0.15, 0.2) is 6.07 Å². The molecule has 0 aromatic carbocycles. The SMILES string of the molecule is COCCC(NC(=O)c1cc(C(C)C)nc2c1c(C)nn2C(C)(C)C)C(=O)O. The van der Waals surface area contributed by atoms with Gasteiger partial charge in [-0.2, -0.15) is 5.10 Å². The monoisotopic (exact) mass is 390 g/mol. The number of carbonyl (C=O) groups excluding carboxylic acids is 1. The molecule has 0 radical (unpaired) electrons. The average Bonchev–Trinajstić information content (AvgIpc) is 2.94. The summed E-state index contributed by atoms with van der Waals surface area (Å²) in [4.78, 5) is 29.3. The van der Waals surface area contributed by atoms with Gasteiger partial charge >= 0.3 is 5.97 Å². The van der Waals surface area contributed by atoms with Crippen molar-refractivity contribution < 1.29 is 19.4 Å². The van der Waals surface area contributed by atoms with Crippen molar-refractivity contribution in [3.8, 4) is 0 Å². The number of aromatic nitrogens is 3. The average molecular weight is 390 g/mol. The highest BCUT2D eigenvalue weighted by atomic mass is 16.5. The number of hydrogen-bond acceptors (Lipinski definition) is 5. The zero-order valence-electron chi connectivity index (χ0n) is 17.7. The van der Waals surface area contributed by atoms with E-state index in [1.54, 1.807) is 6.07 Å². The van der Waals surface area contributed by atoms with Crippen molar-refractivity contribution in [1.29, 1.82) is 0 Å². The maximum atomic E-state index is 13.0. The Kier molecular flexibility index (Phi) is 6.44. The normalized spacial score (nSPS) is 13.1. The Morgan fingerprint density at radius 2 is 1.96 bits per heavy atom. The van der Waals surface area contributed by atoms with Crippen molar-refractivity contribution in [2.45, 2.75) is 65.5 Å². The van der Waals surface area contributed by atoms with Gasteiger partial charge in [0.1, 0.15) is 6.04 Å². The molecule has 0 aliphatic carbocycles. The summed E-state index contributed by atoms with van der Waals surface area (Å²) in [6.45, 7) is 12.1. The molecule has 0 bridgehead atoms. The van der Waals surface area contributed by atoms with E-state index in [2.05, 4.69) is 10.4 Å². The molecule has 0 aliphatic heterocycles. The van der Waals surface area contributed by atoms with Crippen molar-refractivity contribution in [2.75, 3.05) is 13.7 Å². The number of amides is 1. The molecule has 0 saturated carbocycles. The number of aryl methyl sites for hydroxylation is 1. The lowest BCUT2D eigenvalue weighted by Gasteiger charge is -2.21. The van der Waals surface area contributed by atoms with Crippen LogP contribution in [0.3, 0.4) is 0 Å². The molecule has 8 nitrogen and oxygen atoms in total. The third kappa shape index (κ3) is 4.49. The van der Waals surface area contributed by atoms with Crippen LogP contribution in [0.4, 0.5) is 0 Å². The lowest BCUT2D eigenvalue weighted by molar-refractivity contribution is -0.139. The summed E-state index contributed by atoms with van der Waals surface area (Å²) >= 11 is 0. The van der Waals surface area contributed by atoms with E-state index in [0.717, 1.165) is 5.69 Å². The summed E-state index contributed by atoms with van der Waals surface area (Å²) in [6.07, 6.45) is 0.184. The molecule has 1 atom stereocenters. The van der Waals surface area contributed by atoms with E-state index in [1.807, 2.05) is 46.2 Å². The fourth-order valence-corrected chi connectivity index (χ4v) is 2.98. The number of carboxylic acid groups (broad SMARTS) is 1. The second-order valence-electron chi connectivity index (χ2n) is 8.26. The van der Waals surface area contributed by atoms with Crippen LogP contribution >= 0.6 is 0 Å². The Balaban J connectivity index is 2.60. The van der Waals surface area contributed by atoms with Crippen molar-refractivity contribution >= 4 is 22.9 Å². The molecule has 0 fully saturated rings. The Bertz CT molecular complexity index is 880. The Labute approximate surface area is 165 Å². The summed E-state index contributed by atoms with van der Waals surface area (Å²) < 4.78 is 6.77. The Morgan fingerprint density at radius 1 is 1.32 bits per heavy atom. The number of rotatable bonds is 7. The number of aliphatic carboxylic acids is 1. The molecule has 0 aliphatic rings. The molecule has 2 N–H and O–H groups in total. The first kappa shape index (κ1) is 21.8. The molecule has 2 rings (SSSR count). The van der Waals surface area contributed by atoms with E-state index in [9.17, 15) is 14.7 Å². The number of methoxy groups -OCH3 is 1. The van der Waals surface area contributed by atoms with E-state index in [0.29, 0.717) is 22.3 Å². The number of carboxylic acids is 1. The predicted octanol–water partition coefficient (Wildman–Crippen LogP) is 2.84. The fraction of sp³-hybridized carbons (Fsp3) is 0.600. The molecule has 28 heavy (non-hydrogen) atoms. The highest BCUT2D eigenvalue weighted by Gasteiger charge is 2.27. The lowest BCUT2D eigenvalue weighted by Crippen LogP contribution is -2.41. The molecule has 0 spiro atoms. The van der Waals surface area contributed by atoms with Gasteiger partial charge in [0.25, 0.3) is 5.91 Å². The third-order valence-corrected chi connectivity index (χ3v) is 4.52. The molecule has 154 valence electrons. The summed E-state index contributed by atoms with van der Waals surface area (Å²) in [6, 6.07) is 0.704. The molecule has 2 aromatic heterocycles. The summed E-state index contributed by atoms with van der Waals surface area (Å²) in [7, 11) is 1.49. The zero-order chi connectivity index (χ0) is 21.2. The largest absolute Gasteiger partial charge is 0.480 e. The standard InChI is InChI=1S/C20H30N4O4/c1-11(2)15-10-13(18(25)22-14(19(26)27)8-9-28-7)16-12(3)23-24(17(16)21-15)20(4,5)6/h10-11,14H,8-9H2,1-7H3,(H,22,25)(H,26,27). The first-order valence-corrected chi connectivity index (χ1v) is 9.40. The molecule has 2 aromatic rings. The minimum Gasteiger partial charge on any atom is -0.480 e. The van der Waals surface area contributed by atoms with Gasteiger partial charge in [0.15, 0.2) is 5.65 Å². The molecule has 2 heterocycles. The molecule has 1 unspecified atom stereocenters. The molecule has 8 heteroatoms. The van der Waals surface area contributed by atoms with Crippen LogP contribution in [0.1, 0.15) is 68.7 Å². The van der Waals surface area contributed by atoms with Gasteiger partial charge in [-0.15, -0.1) is 0 Å². The second kappa shape index (κ2) is 8.26. The quantitative estimate of drug-likeness (QED) is 0.753. The lowest BCUT2D eigenvalue weighted by atomic mass is 10.0. The van der Waals surface area contributed by atoms with Crippen LogP contribution in [0.25, 0.3) is 11.0 Å². The first-order chi connectivity index (χ1) is 13.0. The van der Waals surface area contributed by atoms with Gasteiger partial charge in [-0.25, -0.2) is 14.5 Å². The topological polar surface area (TPSA) is 106 Å². The Hall–Kier alpha value is -2.48. The highest BCUT2D eigenvalue weighted by molar-refractivity contribution is 6.07. The van der Waals surface area contributed by atoms with Crippen LogP contribution in [0.5, 0.6) is 0 Å². The predicted molar refractivity (Wildman–Crippen MR) is 107 cm³/mol.